The molecular formula is C17H22N2O3. The molecule has 1 N–H and O–H groups in total. The number of carbonyl (C=O) groups is 1. The molecule has 0 aliphatic carbocycles. The highest BCUT2D eigenvalue weighted by atomic mass is 16.5. The van der Waals surface area contributed by atoms with Gasteiger partial charge >= 0.3 is 0 Å². The van der Waals surface area contributed by atoms with E-state index in [1.54, 1.807) is 6.92 Å². The summed E-state index contributed by atoms with van der Waals surface area (Å²) >= 11 is 0. The molecule has 2 rings (SSSR count). The Kier molecular flexibility index (Phi) is 5.58. The minimum Gasteiger partial charge on any atom is -0.489 e. The lowest BCUT2D eigenvalue weighted by Crippen LogP contribution is -2.26. The van der Waals surface area contributed by atoms with E-state index >= 15 is 0 Å². The molecule has 0 fully saturated rings. The molecule has 2 aromatic rings. The Bertz CT molecular complexity index is 635. The van der Waals surface area contributed by atoms with Crippen molar-refractivity contribution in [3.8, 4) is 5.75 Å². The maximum absolute atomic E-state index is 12.1. The summed E-state index contributed by atoms with van der Waals surface area (Å²) in [7, 11) is 0. The Morgan fingerprint density at radius 3 is 2.91 bits per heavy atom. The number of hydrogen-bond acceptors (Lipinski definition) is 4. The molecule has 5 nitrogen and oxygen atoms in total. The van der Waals surface area contributed by atoms with E-state index < -0.39 is 0 Å². The second-order valence-electron chi connectivity index (χ2n) is 5.28. The van der Waals surface area contributed by atoms with E-state index in [2.05, 4.69) is 17.4 Å². The Balaban J connectivity index is 2.04. The minimum atomic E-state index is -0.215. The molecule has 0 atom stereocenters. The van der Waals surface area contributed by atoms with E-state index in [0.717, 1.165) is 24.2 Å². The summed E-state index contributed by atoms with van der Waals surface area (Å²) in [6, 6.07) is 7.77. The van der Waals surface area contributed by atoms with Crippen molar-refractivity contribution in [2.24, 2.45) is 0 Å². The van der Waals surface area contributed by atoms with Crippen molar-refractivity contribution in [1.29, 1.82) is 0 Å². The third kappa shape index (κ3) is 4.10. The Labute approximate surface area is 130 Å². The fourth-order valence-corrected chi connectivity index (χ4v) is 2.06. The van der Waals surface area contributed by atoms with Crippen molar-refractivity contribution in [2.45, 2.75) is 40.2 Å². The van der Waals surface area contributed by atoms with Gasteiger partial charge in [-0.3, -0.25) is 4.79 Å². The predicted octanol–water partition coefficient (Wildman–Crippen LogP) is 3.40. The van der Waals surface area contributed by atoms with Gasteiger partial charge in [-0.05, 0) is 38.0 Å². The van der Waals surface area contributed by atoms with Crippen LogP contribution in [0.15, 0.2) is 28.8 Å². The van der Waals surface area contributed by atoms with Gasteiger partial charge in [-0.25, -0.2) is 0 Å². The molecule has 118 valence electrons. The molecule has 0 aliphatic heterocycles. The standard InChI is InChI=1S/C17H22N2O3/c1-4-5-9-18-17(20)16-15(13(3)22-19-16)11-21-14-8-6-7-12(2)10-14/h6-8,10H,4-5,9,11H2,1-3H3,(H,18,20). The van der Waals surface area contributed by atoms with Crippen LogP contribution in [0, 0.1) is 13.8 Å². The van der Waals surface area contributed by atoms with Crippen molar-refractivity contribution < 1.29 is 14.1 Å². The lowest BCUT2D eigenvalue weighted by atomic mass is 10.2. The molecule has 1 aromatic carbocycles. The zero-order valence-electron chi connectivity index (χ0n) is 13.3. The number of benzene rings is 1. The van der Waals surface area contributed by atoms with Gasteiger partial charge in [0, 0.05) is 6.54 Å². The van der Waals surface area contributed by atoms with Gasteiger partial charge in [0.15, 0.2) is 5.69 Å². The lowest BCUT2D eigenvalue weighted by molar-refractivity contribution is 0.0942. The van der Waals surface area contributed by atoms with Crippen LogP contribution in [0.1, 0.15) is 47.1 Å². The fourth-order valence-electron chi connectivity index (χ4n) is 2.06. The molecule has 0 aliphatic rings. The smallest absolute Gasteiger partial charge is 0.273 e. The molecule has 0 saturated heterocycles. The third-order valence-electron chi connectivity index (χ3n) is 3.39. The van der Waals surface area contributed by atoms with Gasteiger partial charge in [-0.1, -0.05) is 30.6 Å². The average Bonchev–Trinajstić information content (AvgIpc) is 2.86. The van der Waals surface area contributed by atoms with E-state index in [1.165, 1.54) is 0 Å². The maximum atomic E-state index is 12.1. The van der Waals surface area contributed by atoms with E-state index in [9.17, 15) is 4.79 Å². The molecule has 1 heterocycles. The van der Waals surface area contributed by atoms with Crippen molar-refractivity contribution in [3.05, 3.63) is 46.8 Å². The number of hydrogen-bond donors (Lipinski definition) is 1. The summed E-state index contributed by atoms with van der Waals surface area (Å²) in [5, 5.41) is 6.70. The van der Waals surface area contributed by atoms with Crippen LogP contribution in [-0.4, -0.2) is 17.6 Å². The van der Waals surface area contributed by atoms with E-state index in [-0.39, 0.29) is 12.5 Å². The first-order valence-corrected chi connectivity index (χ1v) is 7.54. The van der Waals surface area contributed by atoms with Crippen LogP contribution < -0.4 is 10.1 Å². The normalized spacial score (nSPS) is 10.5. The first-order chi connectivity index (χ1) is 10.6. The fraction of sp³-hybridized carbons (Fsp3) is 0.412. The number of ether oxygens (including phenoxy) is 1. The van der Waals surface area contributed by atoms with Gasteiger partial charge in [0.2, 0.25) is 0 Å². The van der Waals surface area contributed by atoms with Gasteiger partial charge in [0.05, 0.1) is 5.56 Å². The lowest BCUT2D eigenvalue weighted by Gasteiger charge is -2.07. The molecule has 22 heavy (non-hydrogen) atoms. The average molecular weight is 302 g/mol. The number of rotatable bonds is 7. The first-order valence-electron chi connectivity index (χ1n) is 7.54. The highest BCUT2D eigenvalue weighted by molar-refractivity contribution is 5.93. The van der Waals surface area contributed by atoms with Gasteiger partial charge < -0.3 is 14.6 Å². The van der Waals surface area contributed by atoms with Crippen molar-refractivity contribution in [3.63, 3.8) is 0 Å². The Hall–Kier alpha value is -2.30. The van der Waals surface area contributed by atoms with Gasteiger partial charge in [0.25, 0.3) is 5.91 Å². The molecule has 0 radical (unpaired) electrons. The van der Waals surface area contributed by atoms with Crippen LogP contribution in [0.5, 0.6) is 5.75 Å². The van der Waals surface area contributed by atoms with Gasteiger partial charge in [-0.15, -0.1) is 0 Å². The summed E-state index contributed by atoms with van der Waals surface area (Å²) in [5.74, 6) is 1.15. The van der Waals surface area contributed by atoms with E-state index in [4.69, 9.17) is 9.26 Å². The highest BCUT2D eigenvalue weighted by Gasteiger charge is 2.20. The second-order valence-corrected chi connectivity index (χ2v) is 5.28. The number of nitrogens with zero attached hydrogens (tertiary/aromatic N) is 1. The number of carbonyl (C=O) groups excluding carboxylic acids is 1. The highest BCUT2D eigenvalue weighted by Crippen LogP contribution is 2.18. The van der Waals surface area contributed by atoms with Crippen LogP contribution in [-0.2, 0) is 6.61 Å². The minimum absolute atomic E-state index is 0.215. The van der Waals surface area contributed by atoms with Gasteiger partial charge in [0.1, 0.15) is 18.1 Å². The number of amides is 1. The van der Waals surface area contributed by atoms with E-state index in [0.29, 0.717) is 23.6 Å². The number of aryl methyl sites for hydroxylation is 2. The SMILES string of the molecule is CCCCNC(=O)c1noc(C)c1COc1cccc(C)c1. The molecule has 0 saturated carbocycles. The van der Waals surface area contributed by atoms with Crippen LogP contribution in [0.4, 0.5) is 0 Å². The zero-order valence-corrected chi connectivity index (χ0v) is 13.3. The molecule has 1 amide bonds. The number of nitrogens with one attached hydrogen (secondary N) is 1. The van der Waals surface area contributed by atoms with Gasteiger partial charge in [-0.2, -0.15) is 0 Å². The zero-order chi connectivity index (χ0) is 15.9. The van der Waals surface area contributed by atoms with E-state index in [1.807, 2.05) is 31.2 Å². The third-order valence-corrected chi connectivity index (χ3v) is 3.39. The Morgan fingerprint density at radius 2 is 2.18 bits per heavy atom. The second kappa shape index (κ2) is 7.64. The number of aromatic nitrogens is 1. The van der Waals surface area contributed by atoms with Crippen molar-refractivity contribution >= 4 is 5.91 Å². The molecular weight excluding hydrogens is 280 g/mol. The number of unbranched alkanes of at least 4 members (excludes halogenated alkanes) is 1. The molecule has 5 heteroatoms. The van der Waals surface area contributed by atoms with Crippen molar-refractivity contribution in [2.75, 3.05) is 6.54 Å². The quantitative estimate of drug-likeness (QED) is 0.796. The molecule has 0 bridgehead atoms. The molecule has 1 aromatic heterocycles. The van der Waals surface area contributed by atoms with Crippen LogP contribution in [0.25, 0.3) is 0 Å². The first kappa shape index (κ1) is 16.1. The molecule has 0 unspecified atom stereocenters. The predicted molar refractivity (Wildman–Crippen MR) is 84.0 cm³/mol. The summed E-state index contributed by atoms with van der Waals surface area (Å²) in [6.07, 6.45) is 1.97. The summed E-state index contributed by atoms with van der Waals surface area (Å²) in [6.45, 7) is 6.76. The summed E-state index contributed by atoms with van der Waals surface area (Å²) < 4.78 is 10.9. The maximum Gasteiger partial charge on any atom is 0.273 e. The van der Waals surface area contributed by atoms with Crippen LogP contribution in [0.3, 0.4) is 0 Å². The summed E-state index contributed by atoms with van der Waals surface area (Å²) in [4.78, 5) is 12.1. The Morgan fingerprint density at radius 1 is 1.36 bits per heavy atom. The topological polar surface area (TPSA) is 64.4 Å². The molecule has 0 spiro atoms. The van der Waals surface area contributed by atoms with Crippen molar-refractivity contribution in [1.82, 2.24) is 10.5 Å². The summed E-state index contributed by atoms with van der Waals surface area (Å²) in [5.41, 5.74) is 2.12. The monoisotopic (exact) mass is 302 g/mol. The van der Waals surface area contributed by atoms with Crippen LogP contribution in [0.2, 0.25) is 0 Å². The van der Waals surface area contributed by atoms with Crippen LogP contribution >= 0.6 is 0 Å². The largest absolute Gasteiger partial charge is 0.489 e.